The molecule has 4 aromatic rings. The molecule has 0 saturated heterocycles. The van der Waals surface area contributed by atoms with Crippen molar-refractivity contribution >= 4 is 5.69 Å². The molecule has 1 heterocycles. The van der Waals surface area contributed by atoms with Gasteiger partial charge in [-0.2, -0.15) is 0 Å². The number of hydrogen-bond acceptors (Lipinski definition) is 3. The van der Waals surface area contributed by atoms with E-state index in [1.165, 1.54) is 33.5 Å². The number of benzene rings is 4. The summed E-state index contributed by atoms with van der Waals surface area (Å²) in [6.45, 7) is 8.51. The van der Waals surface area contributed by atoms with Crippen LogP contribution in [0.3, 0.4) is 0 Å². The molecule has 1 aliphatic rings. The normalized spacial score (nSPS) is 12.1. The number of anilines is 1. The van der Waals surface area contributed by atoms with Gasteiger partial charge in [-0.1, -0.05) is 85.3 Å². The third-order valence-electron chi connectivity index (χ3n) is 6.19. The molecule has 0 radical (unpaired) electrons. The van der Waals surface area contributed by atoms with Gasteiger partial charge in [0.25, 0.3) is 0 Å². The molecule has 180 valence electrons. The van der Waals surface area contributed by atoms with Crippen LogP contribution in [0.2, 0.25) is 0 Å². The number of rotatable bonds is 6. The Balaban J connectivity index is 0.000000221. The second-order valence-corrected chi connectivity index (χ2v) is 8.80. The minimum Gasteiger partial charge on any atom is -0.494 e. The van der Waals surface area contributed by atoms with Gasteiger partial charge in [0.15, 0.2) is 6.73 Å². The molecule has 0 bridgehead atoms. The number of fused-ring (bicyclic) bond motifs is 1. The van der Waals surface area contributed by atoms with E-state index in [1.54, 1.807) is 0 Å². The molecule has 35 heavy (non-hydrogen) atoms. The maximum atomic E-state index is 5.85. The maximum absolute atomic E-state index is 5.85. The molecule has 0 atom stereocenters. The molecule has 0 saturated carbocycles. The summed E-state index contributed by atoms with van der Waals surface area (Å²) in [6, 6.07) is 34.0. The summed E-state index contributed by atoms with van der Waals surface area (Å²) in [6.07, 6.45) is 2.01. The summed E-state index contributed by atoms with van der Waals surface area (Å²) in [4.78, 5) is 2.26. The minimum atomic E-state index is 0.605. The molecule has 0 fully saturated rings. The van der Waals surface area contributed by atoms with Crippen molar-refractivity contribution in [3.05, 3.63) is 125 Å². The predicted octanol–water partition coefficient (Wildman–Crippen LogP) is 7.59. The van der Waals surface area contributed by atoms with Gasteiger partial charge in [-0.05, 0) is 67.6 Å². The fourth-order valence-corrected chi connectivity index (χ4v) is 4.20. The summed E-state index contributed by atoms with van der Waals surface area (Å²) < 4.78 is 11.3. The predicted molar refractivity (Wildman–Crippen MR) is 146 cm³/mol. The van der Waals surface area contributed by atoms with Crippen LogP contribution in [0.15, 0.2) is 97.1 Å². The van der Waals surface area contributed by atoms with Gasteiger partial charge >= 0.3 is 0 Å². The molecule has 0 aromatic heterocycles. The van der Waals surface area contributed by atoms with Gasteiger partial charge in [0, 0.05) is 17.8 Å². The molecule has 0 N–H and O–H groups in total. The highest BCUT2D eigenvalue weighted by Crippen LogP contribution is 2.28. The van der Waals surface area contributed by atoms with Crippen LogP contribution in [0, 0.1) is 6.92 Å². The molecule has 1 aliphatic heterocycles. The highest BCUT2D eigenvalue weighted by atomic mass is 16.5. The van der Waals surface area contributed by atoms with Gasteiger partial charge in [-0.25, -0.2) is 0 Å². The smallest absolute Gasteiger partial charge is 0.161 e. The van der Waals surface area contributed by atoms with Gasteiger partial charge in [0.2, 0.25) is 0 Å². The maximum Gasteiger partial charge on any atom is 0.161 e. The number of hydrogen-bond donors (Lipinski definition) is 0. The van der Waals surface area contributed by atoms with Crippen molar-refractivity contribution in [2.45, 2.75) is 40.2 Å². The second-order valence-electron chi connectivity index (χ2n) is 8.80. The first-order valence-electron chi connectivity index (χ1n) is 12.5. The van der Waals surface area contributed by atoms with Gasteiger partial charge < -0.3 is 14.4 Å². The number of nitrogens with zero attached hydrogens (tertiary/aromatic N) is 1. The summed E-state index contributed by atoms with van der Waals surface area (Å²) in [5.74, 6) is 2.03. The van der Waals surface area contributed by atoms with Crippen molar-refractivity contribution in [3.8, 4) is 11.5 Å². The molecule has 4 aromatic carbocycles. The Morgan fingerprint density at radius 3 is 2.14 bits per heavy atom. The van der Waals surface area contributed by atoms with Crippen molar-refractivity contribution in [1.29, 1.82) is 0 Å². The Labute approximate surface area is 210 Å². The Hall–Kier alpha value is -3.72. The second kappa shape index (κ2) is 12.1. The molecule has 0 spiro atoms. The fraction of sp³-hybridized carbons (Fsp3) is 0.250. The zero-order chi connectivity index (χ0) is 24.5. The lowest BCUT2D eigenvalue weighted by atomic mass is 10.0. The standard InChI is InChI=1S/C22H21NO.C10H14O/c1-17-6-8-18(9-7-17)14-19-10-12-21(13-11-19)23-15-20-4-2-3-5-22(20)24-16-23;1-3-9-7-5-6-8-10(9)11-4-2/h2-13H,14-16H2,1H3;5-8H,3-4H2,1-2H3. The van der Waals surface area contributed by atoms with Crippen LogP contribution in [-0.4, -0.2) is 13.3 Å². The Kier molecular flexibility index (Phi) is 8.45. The Morgan fingerprint density at radius 1 is 0.771 bits per heavy atom. The first-order valence-corrected chi connectivity index (χ1v) is 12.5. The zero-order valence-electron chi connectivity index (χ0n) is 21.0. The van der Waals surface area contributed by atoms with Crippen LogP contribution in [0.4, 0.5) is 5.69 Å². The van der Waals surface area contributed by atoms with Crippen molar-refractivity contribution in [2.24, 2.45) is 0 Å². The van der Waals surface area contributed by atoms with Crippen LogP contribution >= 0.6 is 0 Å². The summed E-state index contributed by atoms with van der Waals surface area (Å²) >= 11 is 0. The lowest BCUT2D eigenvalue weighted by molar-refractivity contribution is 0.289. The molecule has 0 amide bonds. The minimum absolute atomic E-state index is 0.605. The first kappa shape index (κ1) is 24.4. The zero-order valence-corrected chi connectivity index (χ0v) is 21.0. The highest BCUT2D eigenvalue weighted by Gasteiger charge is 2.16. The highest BCUT2D eigenvalue weighted by molar-refractivity contribution is 5.51. The van der Waals surface area contributed by atoms with Crippen LogP contribution in [0.5, 0.6) is 11.5 Å². The van der Waals surface area contributed by atoms with Crippen LogP contribution in [0.1, 0.15) is 41.7 Å². The number of para-hydroxylation sites is 2. The number of aryl methyl sites for hydroxylation is 2. The monoisotopic (exact) mass is 465 g/mol. The van der Waals surface area contributed by atoms with E-state index in [0.717, 1.165) is 37.5 Å². The largest absolute Gasteiger partial charge is 0.494 e. The van der Waals surface area contributed by atoms with Crippen molar-refractivity contribution in [3.63, 3.8) is 0 Å². The van der Waals surface area contributed by atoms with E-state index >= 15 is 0 Å². The van der Waals surface area contributed by atoms with E-state index in [1.807, 2.05) is 37.3 Å². The van der Waals surface area contributed by atoms with E-state index in [2.05, 4.69) is 85.5 Å². The SMILES string of the molecule is CCOc1ccccc1CC.Cc1ccc(Cc2ccc(N3COc4ccccc4C3)cc2)cc1. The van der Waals surface area contributed by atoms with E-state index in [-0.39, 0.29) is 0 Å². The lowest BCUT2D eigenvalue weighted by Crippen LogP contribution is -2.31. The van der Waals surface area contributed by atoms with Gasteiger partial charge in [-0.3, -0.25) is 0 Å². The van der Waals surface area contributed by atoms with Crippen molar-refractivity contribution in [1.82, 2.24) is 0 Å². The molecule has 3 heteroatoms. The lowest BCUT2D eigenvalue weighted by Gasteiger charge is -2.30. The third-order valence-corrected chi connectivity index (χ3v) is 6.19. The Morgan fingerprint density at radius 2 is 1.43 bits per heavy atom. The van der Waals surface area contributed by atoms with Crippen molar-refractivity contribution in [2.75, 3.05) is 18.2 Å². The van der Waals surface area contributed by atoms with Crippen LogP contribution < -0.4 is 14.4 Å². The molecule has 0 aliphatic carbocycles. The van der Waals surface area contributed by atoms with E-state index in [9.17, 15) is 0 Å². The summed E-state index contributed by atoms with van der Waals surface area (Å²) in [7, 11) is 0. The molecular formula is C32H35NO2. The first-order chi connectivity index (χ1) is 17.2. The van der Waals surface area contributed by atoms with Gasteiger partial charge in [-0.15, -0.1) is 0 Å². The quantitative estimate of drug-likeness (QED) is 0.293. The van der Waals surface area contributed by atoms with E-state index in [4.69, 9.17) is 9.47 Å². The third kappa shape index (κ3) is 6.66. The molecule has 3 nitrogen and oxygen atoms in total. The fourth-order valence-electron chi connectivity index (χ4n) is 4.20. The van der Waals surface area contributed by atoms with Crippen molar-refractivity contribution < 1.29 is 9.47 Å². The summed E-state index contributed by atoms with van der Waals surface area (Å²) in [5.41, 5.74) is 7.72. The molecule has 5 rings (SSSR count). The van der Waals surface area contributed by atoms with Gasteiger partial charge in [0.05, 0.1) is 6.61 Å². The average Bonchev–Trinajstić information content (AvgIpc) is 2.91. The summed E-state index contributed by atoms with van der Waals surface area (Å²) in [5, 5.41) is 0. The molecular weight excluding hydrogens is 430 g/mol. The van der Waals surface area contributed by atoms with Crippen LogP contribution in [-0.2, 0) is 19.4 Å². The topological polar surface area (TPSA) is 21.7 Å². The van der Waals surface area contributed by atoms with E-state index < -0.39 is 0 Å². The molecule has 0 unspecified atom stereocenters. The van der Waals surface area contributed by atoms with E-state index in [0.29, 0.717) is 6.73 Å². The van der Waals surface area contributed by atoms with Crippen LogP contribution in [0.25, 0.3) is 0 Å². The van der Waals surface area contributed by atoms with Gasteiger partial charge in [0.1, 0.15) is 11.5 Å². The number of ether oxygens (including phenoxy) is 2. The average molecular weight is 466 g/mol. The Bertz CT molecular complexity index is 1200.